The van der Waals surface area contributed by atoms with E-state index in [4.69, 9.17) is 10.5 Å². The standard InChI is InChI=1S/C18H22N2O2/c1-14-8-6-7-11-16(14)22-17(12-13-20(2)18(19)21)15-9-4-3-5-10-15/h3-11,17H,12-13H2,1-2H3,(H2,19,21). The van der Waals surface area contributed by atoms with Crippen LogP contribution in [0.2, 0.25) is 0 Å². The number of hydrogen-bond acceptors (Lipinski definition) is 2. The summed E-state index contributed by atoms with van der Waals surface area (Å²) in [7, 11) is 1.69. The molecule has 1 unspecified atom stereocenters. The molecule has 0 bridgehead atoms. The van der Waals surface area contributed by atoms with Crippen LogP contribution < -0.4 is 10.5 Å². The highest BCUT2D eigenvalue weighted by atomic mass is 16.5. The molecule has 0 saturated heterocycles. The van der Waals surface area contributed by atoms with E-state index in [2.05, 4.69) is 0 Å². The summed E-state index contributed by atoms with van der Waals surface area (Å²) in [5.74, 6) is 0.859. The van der Waals surface area contributed by atoms with Crippen LogP contribution in [-0.2, 0) is 0 Å². The zero-order valence-electron chi connectivity index (χ0n) is 13.0. The second kappa shape index (κ2) is 7.50. The SMILES string of the molecule is Cc1ccccc1OC(CCN(C)C(N)=O)c1ccccc1. The molecule has 2 aromatic carbocycles. The van der Waals surface area contributed by atoms with Crippen molar-refractivity contribution in [3.8, 4) is 5.75 Å². The summed E-state index contributed by atoms with van der Waals surface area (Å²) in [4.78, 5) is 12.7. The number of hydrogen-bond donors (Lipinski definition) is 1. The minimum absolute atomic E-state index is 0.121. The van der Waals surface area contributed by atoms with E-state index in [-0.39, 0.29) is 6.10 Å². The molecule has 4 heteroatoms. The molecule has 0 heterocycles. The molecular weight excluding hydrogens is 276 g/mol. The smallest absolute Gasteiger partial charge is 0.314 e. The normalized spacial score (nSPS) is 11.7. The van der Waals surface area contributed by atoms with E-state index in [9.17, 15) is 4.79 Å². The van der Waals surface area contributed by atoms with Crippen LogP contribution >= 0.6 is 0 Å². The van der Waals surface area contributed by atoms with Crippen LogP contribution in [0.5, 0.6) is 5.75 Å². The molecule has 0 saturated carbocycles. The molecule has 0 spiro atoms. The Morgan fingerprint density at radius 2 is 1.77 bits per heavy atom. The Labute approximate surface area is 131 Å². The number of para-hydroxylation sites is 1. The lowest BCUT2D eigenvalue weighted by molar-refractivity contribution is 0.172. The molecule has 0 aliphatic carbocycles. The van der Waals surface area contributed by atoms with Crippen LogP contribution in [0, 0.1) is 6.92 Å². The van der Waals surface area contributed by atoms with E-state index >= 15 is 0 Å². The number of rotatable bonds is 6. The van der Waals surface area contributed by atoms with Gasteiger partial charge in [-0.1, -0.05) is 48.5 Å². The third-order valence-corrected chi connectivity index (χ3v) is 3.64. The molecular formula is C18H22N2O2. The number of amides is 2. The second-order valence-electron chi connectivity index (χ2n) is 5.33. The Kier molecular flexibility index (Phi) is 5.42. The van der Waals surface area contributed by atoms with E-state index in [0.29, 0.717) is 13.0 Å². The predicted octanol–water partition coefficient (Wildman–Crippen LogP) is 3.52. The topological polar surface area (TPSA) is 55.6 Å². The van der Waals surface area contributed by atoms with Crippen LogP contribution in [0.15, 0.2) is 54.6 Å². The van der Waals surface area contributed by atoms with Gasteiger partial charge in [-0.2, -0.15) is 0 Å². The molecule has 2 N–H and O–H groups in total. The predicted molar refractivity (Wildman–Crippen MR) is 87.8 cm³/mol. The zero-order valence-corrected chi connectivity index (χ0v) is 13.0. The summed E-state index contributed by atoms with van der Waals surface area (Å²) >= 11 is 0. The lowest BCUT2D eigenvalue weighted by atomic mass is 10.1. The number of benzene rings is 2. The van der Waals surface area contributed by atoms with Gasteiger partial charge in [-0.15, -0.1) is 0 Å². The molecule has 0 aliphatic rings. The maximum absolute atomic E-state index is 11.2. The molecule has 4 nitrogen and oxygen atoms in total. The fourth-order valence-electron chi connectivity index (χ4n) is 2.22. The number of aryl methyl sites for hydroxylation is 1. The van der Waals surface area contributed by atoms with Crippen molar-refractivity contribution in [2.75, 3.05) is 13.6 Å². The lowest BCUT2D eigenvalue weighted by Crippen LogP contribution is -2.33. The van der Waals surface area contributed by atoms with Gasteiger partial charge in [0.25, 0.3) is 0 Å². The highest BCUT2D eigenvalue weighted by molar-refractivity contribution is 5.71. The number of carbonyl (C=O) groups excluding carboxylic acids is 1. The minimum atomic E-state index is -0.428. The van der Waals surface area contributed by atoms with Crippen LogP contribution in [-0.4, -0.2) is 24.5 Å². The van der Waals surface area contributed by atoms with Crippen LogP contribution in [0.1, 0.15) is 23.7 Å². The molecule has 0 aliphatic heterocycles. The first-order valence-corrected chi connectivity index (χ1v) is 7.35. The first-order chi connectivity index (χ1) is 10.6. The first-order valence-electron chi connectivity index (χ1n) is 7.35. The van der Waals surface area contributed by atoms with Crippen molar-refractivity contribution in [3.05, 3.63) is 65.7 Å². The molecule has 116 valence electrons. The Bertz CT molecular complexity index is 613. The number of urea groups is 1. The summed E-state index contributed by atoms with van der Waals surface area (Å²) in [6.45, 7) is 2.56. The van der Waals surface area contributed by atoms with Gasteiger partial charge in [0.05, 0.1) is 0 Å². The largest absolute Gasteiger partial charge is 0.485 e. The maximum atomic E-state index is 11.2. The number of ether oxygens (including phenoxy) is 1. The van der Waals surface area contributed by atoms with Gasteiger partial charge in [0.1, 0.15) is 11.9 Å². The molecule has 0 fully saturated rings. The van der Waals surface area contributed by atoms with Gasteiger partial charge < -0.3 is 15.4 Å². The average Bonchev–Trinajstić information content (AvgIpc) is 2.53. The molecule has 0 aromatic heterocycles. The highest BCUT2D eigenvalue weighted by Gasteiger charge is 2.16. The summed E-state index contributed by atoms with van der Waals surface area (Å²) in [6.07, 6.45) is 0.557. The van der Waals surface area contributed by atoms with Crippen molar-refractivity contribution in [3.63, 3.8) is 0 Å². The van der Waals surface area contributed by atoms with Crippen LogP contribution in [0.25, 0.3) is 0 Å². The monoisotopic (exact) mass is 298 g/mol. The Hall–Kier alpha value is -2.49. The number of nitrogens with two attached hydrogens (primary N) is 1. The van der Waals surface area contributed by atoms with Crippen LogP contribution in [0.3, 0.4) is 0 Å². The van der Waals surface area contributed by atoms with Gasteiger partial charge in [-0.05, 0) is 24.1 Å². The summed E-state index contributed by atoms with van der Waals surface area (Å²) < 4.78 is 6.18. The van der Waals surface area contributed by atoms with Gasteiger partial charge >= 0.3 is 6.03 Å². The van der Waals surface area contributed by atoms with Crippen molar-refractivity contribution in [1.82, 2.24) is 4.90 Å². The summed E-state index contributed by atoms with van der Waals surface area (Å²) in [6, 6.07) is 17.5. The van der Waals surface area contributed by atoms with Crippen LogP contribution in [0.4, 0.5) is 4.79 Å². The first kappa shape index (κ1) is 15.9. The van der Waals surface area contributed by atoms with Gasteiger partial charge in [-0.3, -0.25) is 0 Å². The Morgan fingerprint density at radius 3 is 2.41 bits per heavy atom. The van der Waals surface area contributed by atoms with Gasteiger partial charge in [0.2, 0.25) is 0 Å². The molecule has 2 aromatic rings. The fraction of sp³-hybridized carbons (Fsp3) is 0.278. The zero-order chi connectivity index (χ0) is 15.9. The quantitative estimate of drug-likeness (QED) is 0.887. The van der Waals surface area contributed by atoms with Gasteiger partial charge in [0, 0.05) is 20.0 Å². The Balaban J connectivity index is 2.15. The molecule has 1 atom stereocenters. The van der Waals surface area contributed by atoms with E-state index < -0.39 is 6.03 Å². The van der Waals surface area contributed by atoms with Gasteiger partial charge in [0.15, 0.2) is 0 Å². The average molecular weight is 298 g/mol. The lowest BCUT2D eigenvalue weighted by Gasteiger charge is -2.23. The number of primary amides is 1. The fourth-order valence-corrected chi connectivity index (χ4v) is 2.22. The van der Waals surface area contributed by atoms with E-state index in [1.54, 1.807) is 7.05 Å². The number of nitrogens with zero attached hydrogens (tertiary/aromatic N) is 1. The molecule has 22 heavy (non-hydrogen) atoms. The summed E-state index contributed by atoms with van der Waals surface area (Å²) in [5, 5.41) is 0. The minimum Gasteiger partial charge on any atom is -0.485 e. The molecule has 0 radical (unpaired) electrons. The van der Waals surface area contributed by atoms with Crippen molar-refractivity contribution < 1.29 is 9.53 Å². The Morgan fingerprint density at radius 1 is 1.14 bits per heavy atom. The maximum Gasteiger partial charge on any atom is 0.314 e. The third-order valence-electron chi connectivity index (χ3n) is 3.64. The van der Waals surface area contributed by atoms with Crippen molar-refractivity contribution in [1.29, 1.82) is 0 Å². The third kappa shape index (κ3) is 4.25. The van der Waals surface area contributed by atoms with E-state index in [1.807, 2.05) is 61.5 Å². The van der Waals surface area contributed by atoms with E-state index in [0.717, 1.165) is 16.9 Å². The second-order valence-corrected chi connectivity index (χ2v) is 5.33. The van der Waals surface area contributed by atoms with Crippen molar-refractivity contribution in [2.45, 2.75) is 19.4 Å². The van der Waals surface area contributed by atoms with Crippen molar-refractivity contribution >= 4 is 6.03 Å². The van der Waals surface area contributed by atoms with E-state index in [1.165, 1.54) is 4.90 Å². The highest BCUT2D eigenvalue weighted by Crippen LogP contribution is 2.27. The van der Waals surface area contributed by atoms with Crippen molar-refractivity contribution in [2.24, 2.45) is 5.73 Å². The van der Waals surface area contributed by atoms with Gasteiger partial charge in [-0.25, -0.2) is 4.79 Å². The molecule has 2 rings (SSSR count). The summed E-state index contributed by atoms with van der Waals surface area (Å²) in [5.41, 5.74) is 7.46. The number of carbonyl (C=O) groups is 1. The molecule has 2 amide bonds.